The van der Waals surface area contributed by atoms with Crippen molar-refractivity contribution >= 4 is 51.2 Å². The maximum atomic E-state index is 13.0. The molecule has 5 aromatic rings. The topological polar surface area (TPSA) is 131 Å². The second kappa shape index (κ2) is 13.2. The number of carboxylic acids is 2. The quantitative estimate of drug-likeness (QED) is 0.168. The number of carbonyl (C=O) groups is 3. The molecule has 0 fully saturated rings. The molecule has 0 aliphatic rings. The van der Waals surface area contributed by atoms with Crippen LogP contribution in [0.15, 0.2) is 113 Å². The van der Waals surface area contributed by atoms with Gasteiger partial charge in [-0.3, -0.25) is 4.79 Å². The molecule has 214 valence electrons. The average molecular weight is 657 g/mol. The van der Waals surface area contributed by atoms with Crippen molar-refractivity contribution in [3.8, 4) is 22.1 Å². The third-order valence-electron chi connectivity index (χ3n) is 6.04. The van der Waals surface area contributed by atoms with Gasteiger partial charge in [0.25, 0.3) is 5.91 Å². The zero-order valence-electron chi connectivity index (χ0n) is 22.3. The van der Waals surface area contributed by atoms with E-state index in [1.807, 2.05) is 24.3 Å². The number of rotatable bonds is 9. The molecule has 43 heavy (non-hydrogen) atoms. The summed E-state index contributed by atoms with van der Waals surface area (Å²) in [4.78, 5) is 40.0. The van der Waals surface area contributed by atoms with Crippen LogP contribution in [0.2, 0.25) is 0 Å². The van der Waals surface area contributed by atoms with E-state index in [9.17, 15) is 19.5 Å². The molecule has 2 N–H and O–H groups in total. The Labute approximate surface area is 257 Å². The maximum Gasteiger partial charge on any atom is 0.335 e. The number of hydrogen-bond donors (Lipinski definition) is 2. The Kier molecular flexibility index (Phi) is 9.04. The molecule has 11 heteroatoms. The van der Waals surface area contributed by atoms with Crippen molar-refractivity contribution in [3.63, 3.8) is 0 Å². The van der Waals surface area contributed by atoms with Gasteiger partial charge < -0.3 is 14.9 Å². The SMILES string of the molecule is O=C(O)/C=C/c1ccc(Cn2nc(-c3cccc(Oc4cccc(C(=O)O)c4)c3)s/c2=N\C(=O)c2ccccc2)cc1Br. The van der Waals surface area contributed by atoms with Gasteiger partial charge in [0.05, 0.1) is 12.1 Å². The van der Waals surface area contributed by atoms with Crippen LogP contribution in [-0.4, -0.2) is 37.8 Å². The maximum absolute atomic E-state index is 13.0. The molecule has 1 heterocycles. The van der Waals surface area contributed by atoms with Crippen molar-refractivity contribution in [1.82, 2.24) is 9.78 Å². The van der Waals surface area contributed by atoms with Gasteiger partial charge in [0.2, 0.25) is 4.80 Å². The lowest BCUT2D eigenvalue weighted by atomic mass is 10.1. The van der Waals surface area contributed by atoms with E-state index in [2.05, 4.69) is 20.9 Å². The Hall–Kier alpha value is -5.13. The van der Waals surface area contributed by atoms with E-state index >= 15 is 0 Å². The van der Waals surface area contributed by atoms with Crippen LogP contribution >= 0.6 is 27.3 Å². The lowest BCUT2D eigenvalue weighted by molar-refractivity contribution is -0.131. The summed E-state index contributed by atoms with van der Waals surface area (Å²) in [6, 6.07) is 27.6. The van der Waals surface area contributed by atoms with Gasteiger partial charge in [-0.2, -0.15) is 10.1 Å². The molecule has 4 aromatic carbocycles. The molecule has 0 atom stereocenters. The van der Waals surface area contributed by atoms with Crippen molar-refractivity contribution in [1.29, 1.82) is 0 Å². The van der Waals surface area contributed by atoms with Gasteiger partial charge in [0.15, 0.2) is 0 Å². The molecule has 1 aromatic heterocycles. The van der Waals surface area contributed by atoms with E-state index < -0.39 is 17.8 Å². The minimum atomic E-state index is -1.05. The molecule has 0 saturated heterocycles. The summed E-state index contributed by atoms with van der Waals surface area (Å²) in [6.45, 7) is 0.289. The van der Waals surface area contributed by atoms with E-state index in [1.54, 1.807) is 65.3 Å². The summed E-state index contributed by atoms with van der Waals surface area (Å²) in [5.74, 6) is -1.64. The first kappa shape index (κ1) is 29.4. The largest absolute Gasteiger partial charge is 0.478 e. The summed E-state index contributed by atoms with van der Waals surface area (Å²) in [6.07, 6.45) is 2.56. The van der Waals surface area contributed by atoms with E-state index in [-0.39, 0.29) is 12.1 Å². The molecule has 0 unspecified atom stereocenters. The zero-order chi connectivity index (χ0) is 30.3. The number of aliphatic carboxylic acids is 1. The van der Waals surface area contributed by atoms with Crippen molar-refractivity contribution in [3.05, 3.63) is 135 Å². The first-order chi connectivity index (χ1) is 20.7. The number of carbonyl (C=O) groups excluding carboxylic acids is 1. The van der Waals surface area contributed by atoms with E-state index in [0.29, 0.717) is 36.9 Å². The Morgan fingerprint density at radius 1 is 0.884 bits per heavy atom. The first-order valence-corrected chi connectivity index (χ1v) is 14.4. The fraction of sp³-hybridized carbons (Fsp3) is 0.0312. The van der Waals surface area contributed by atoms with Crippen LogP contribution in [0, 0.1) is 0 Å². The van der Waals surface area contributed by atoms with Crippen molar-refractivity contribution in [2.75, 3.05) is 0 Å². The second-order valence-electron chi connectivity index (χ2n) is 9.12. The van der Waals surface area contributed by atoms with Crippen LogP contribution in [0.5, 0.6) is 11.5 Å². The van der Waals surface area contributed by atoms with E-state index in [0.717, 1.165) is 17.2 Å². The lowest BCUT2D eigenvalue weighted by Crippen LogP contribution is -2.19. The summed E-state index contributed by atoms with van der Waals surface area (Å²) in [5, 5.41) is 23.6. The highest BCUT2D eigenvalue weighted by atomic mass is 79.9. The van der Waals surface area contributed by atoms with E-state index in [4.69, 9.17) is 14.9 Å². The van der Waals surface area contributed by atoms with Gasteiger partial charge in [-0.05, 0) is 65.7 Å². The Morgan fingerprint density at radius 2 is 1.60 bits per heavy atom. The van der Waals surface area contributed by atoms with E-state index in [1.165, 1.54) is 29.5 Å². The minimum absolute atomic E-state index is 0.113. The molecule has 0 radical (unpaired) electrons. The highest BCUT2D eigenvalue weighted by molar-refractivity contribution is 9.10. The van der Waals surface area contributed by atoms with Crippen LogP contribution in [0.3, 0.4) is 0 Å². The zero-order valence-corrected chi connectivity index (χ0v) is 24.7. The molecular formula is C32H22BrN3O6S. The predicted molar refractivity (Wildman–Crippen MR) is 165 cm³/mol. The number of aromatic nitrogens is 2. The summed E-state index contributed by atoms with van der Waals surface area (Å²) in [7, 11) is 0. The highest BCUT2D eigenvalue weighted by Crippen LogP contribution is 2.28. The monoisotopic (exact) mass is 655 g/mol. The number of nitrogens with zero attached hydrogens (tertiary/aromatic N) is 3. The molecule has 0 aliphatic carbocycles. The number of aromatic carboxylic acids is 1. The molecule has 0 aliphatic heterocycles. The van der Waals surface area contributed by atoms with Crippen LogP contribution in [0.1, 0.15) is 31.8 Å². The summed E-state index contributed by atoms with van der Waals surface area (Å²) in [5.41, 5.74) is 2.82. The van der Waals surface area contributed by atoms with Gasteiger partial charge in [0, 0.05) is 21.7 Å². The summed E-state index contributed by atoms with van der Waals surface area (Å²) < 4.78 is 8.27. The van der Waals surface area contributed by atoms with Crippen molar-refractivity contribution in [2.24, 2.45) is 4.99 Å². The lowest BCUT2D eigenvalue weighted by Gasteiger charge is -2.07. The molecular weight excluding hydrogens is 634 g/mol. The Morgan fingerprint density at radius 3 is 2.33 bits per heavy atom. The molecule has 5 rings (SSSR count). The van der Waals surface area contributed by atoms with Gasteiger partial charge >= 0.3 is 11.9 Å². The van der Waals surface area contributed by atoms with Crippen LogP contribution in [0.4, 0.5) is 0 Å². The van der Waals surface area contributed by atoms with Crippen LogP contribution in [-0.2, 0) is 11.3 Å². The van der Waals surface area contributed by atoms with Crippen LogP contribution in [0.25, 0.3) is 16.6 Å². The first-order valence-electron chi connectivity index (χ1n) is 12.8. The number of benzene rings is 4. The molecule has 9 nitrogen and oxygen atoms in total. The molecule has 0 saturated carbocycles. The van der Waals surface area contributed by atoms with Crippen molar-refractivity contribution in [2.45, 2.75) is 6.54 Å². The average Bonchev–Trinajstić information content (AvgIpc) is 3.39. The Balaban J connectivity index is 1.50. The molecule has 0 bridgehead atoms. The minimum Gasteiger partial charge on any atom is -0.478 e. The number of hydrogen-bond acceptors (Lipinski definition) is 6. The highest BCUT2D eigenvalue weighted by Gasteiger charge is 2.13. The fourth-order valence-corrected chi connectivity index (χ4v) is 5.46. The third kappa shape index (κ3) is 7.59. The number of halogens is 1. The molecule has 1 amide bonds. The standard InChI is InChI=1S/C32H22BrN3O6S/c33-27-16-20(12-13-21(27)14-15-28(37)38)19-36-32(34-29(39)22-6-2-1-3-7-22)43-30(35-36)23-8-4-10-25(17-23)42-26-11-5-9-24(18-26)31(40)41/h1-18H,19H2,(H,37,38)(H,40,41)/b15-14+,34-32-. The van der Waals surface area contributed by atoms with Gasteiger partial charge in [-0.1, -0.05) is 75.8 Å². The Bertz CT molecular complexity index is 1930. The van der Waals surface area contributed by atoms with Crippen LogP contribution < -0.4 is 9.54 Å². The van der Waals surface area contributed by atoms with Gasteiger partial charge in [-0.25, -0.2) is 14.3 Å². The molecule has 0 spiro atoms. The summed E-state index contributed by atoms with van der Waals surface area (Å²) >= 11 is 4.73. The normalized spacial score (nSPS) is 11.5. The predicted octanol–water partition coefficient (Wildman–Crippen LogP) is 6.75. The number of amides is 1. The van der Waals surface area contributed by atoms with Gasteiger partial charge in [0.1, 0.15) is 16.5 Å². The second-order valence-corrected chi connectivity index (χ2v) is 10.9. The fourth-order valence-electron chi connectivity index (χ4n) is 4.00. The number of ether oxygens (including phenoxy) is 1. The van der Waals surface area contributed by atoms with Gasteiger partial charge in [-0.15, -0.1) is 0 Å². The smallest absolute Gasteiger partial charge is 0.335 e. The number of carboxylic acid groups (broad SMARTS) is 2. The third-order valence-corrected chi connectivity index (χ3v) is 7.72. The van der Waals surface area contributed by atoms with Crippen molar-refractivity contribution < 1.29 is 29.3 Å².